The van der Waals surface area contributed by atoms with Crippen LogP contribution in [0.5, 0.6) is 0 Å². The molecule has 1 saturated heterocycles. The van der Waals surface area contributed by atoms with Crippen molar-refractivity contribution in [2.75, 3.05) is 20.3 Å². The maximum absolute atomic E-state index is 13.1. The first kappa shape index (κ1) is 13.7. The number of ketones is 1. The molecule has 0 radical (unpaired) electrons. The van der Waals surface area contributed by atoms with Crippen molar-refractivity contribution < 1.29 is 9.53 Å². The molecular formula is C18H25NO2. The predicted octanol–water partition coefficient (Wildman–Crippen LogP) is 2.77. The quantitative estimate of drug-likeness (QED) is 0.848. The minimum absolute atomic E-state index is 0.0180. The summed E-state index contributed by atoms with van der Waals surface area (Å²) in [5.74, 6) is 0.482. The summed E-state index contributed by atoms with van der Waals surface area (Å²) in [5, 5.41) is 3.73. The number of nitrogens with one attached hydrogen (secondary N) is 1. The second-order valence-electron chi connectivity index (χ2n) is 7.19. The zero-order valence-corrected chi connectivity index (χ0v) is 12.9. The lowest BCUT2D eigenvalue weighted by molar-refractivity contribution is -0.154. The highest BCUT2D eigenvalue weighted by Crippen LogP contribution is 2.63. The van der Waals surface area contributed by atoms with E-state index >= 15 is 0 Å². The minimum atomic E-state index is -0.262. The third-order valence-corrected chi connectivity index (χ3v) is 6.50. The third-order valence-electron chi connectivity index (χ3n) is 6.50. The van der Waals surface area contributed by atoms with Gasteiger partial charge >= 0.3 is 0 Å². The van der Waals surface area contributed by atoms with Crippen molar-refractivity contribution in [2.45, 2.75) is 51.0 Å². The van der Waals surface area contributed by atoms with Gasteiger partial charge in [0.1, 0.15) is 5.78 Å². The van der Waals surface area contributed by atoms with Gasteiger partial charge in [-0.3, -0.25) is 4.79 Å². The van der Waals surface area contributed by atoms with Crippen LogP contribution in [0.1, 0.15) is 44.9 Å². The second-order valence-corrected chi connectivity index (χ2v) is 7.19. The van der Waals surface area contributed by atoms with Gasteiger partial charge in [0.05, 0.1) is 12.0 Å². The first-order valence-electron chi connectivity index (χ1n) is 8.39. The van der Waals surface area contributed by atoms with Crippen LogP contribution in [0, 0.1) is 10.8 Å². The lowest BCUT2D eigenvalue weighted by atomic mass is 9.43. The van der Waals surface area contributed by atoms with E-state index in [1.54, 1.807) is 7.11 Å². The molecule has 0 aromatic carbocycles. The summed E-state index contributed by atoms with van der Waals surface area (Å²) >= 11 is 0. The molecule has 0 aromatic heterocycles. The van der Waals surface area contributed by atoms with Crippen molar-refractivity contribution in [1.29, 1.82) is 0 Å². The molecule has 3 atom stereocenters. The van der Waals surface area contributed by atoms with Gasteiger partial charge in [0.15, 0.2) is 0 Å². The van der Waals surface area contributed by atoms with Gasteiger partial charge in [-0.1, -0.05) is 17.7 Å². The smallest absolute Gasteiger partial charge is 0.144 e. The Hall–Kier alpha value is -0.930. The van der Waals surface area contributed by atoms with Gasteiger partial charge in [-0.2, -0.15) is 0 Å². The fourth-order valence-electron chi connectivity index (χ4n) is 5.75. The number of ether oxygens (including phenoxy) is 1. The fourth-order valence-corrected chi connectivity index (χ4v) is 5.75. The summed E-state index contributed by atoms with van der Waals surface area (Å²) in [5.41, 5.74) is 2.64. The van der Waals surface area contributed by atoms with Gasteiger partial charge in [0.2, 0.25) is 0 Å². The molecular weight excluding hydrogens is 262 g/mol. The topological polar surface area (TPSA) is 38.3 Å². The molecule has 1 heterocycles. The van der Waals surface area contributed by atoms with E-state index in [1.807, 2.05) is 0 Å². The summed E-state index contributed by atoms with van der Waals surface area (Å²) in [6.07, 6.45) is 11.8. The number of Topliss-reactive ketones (excluding diaryl/α,β-unsaturated/α-hetero) is 1. The van der Waals surface area contributed by atoms with Gasteiger partial charge in [-0.15, -0.1) is 0 Å². The number of hydrogen-bond acceptors (Lipinski definition) is 3. The second kappa shape index (κ2) is 4.79. The number of carbonyl (C=O) groups excluding carboxylic acids is 1. The highest BCUT2D eigenvalue weighted by atomic mass is 16.5. The Balaban J connectivity index is 1.95. The van der Waals surface area contributed by atoms with Crippen molar-refractivity contribution in [3.05, 3.63) is 23.3 Å². The molecule has 1 saturated carbocycles. The van der Waals surface area contributed by atoms with Gasteiger partial charge in [0, 0.05) is 25.0 Å². The van der Waals surface area contributed by atoms with Crippen molar-refractivity contribution >= 4 is 5.78 Å². The molecule has 3 aliphatic carbocycles. The van der Waals surface area contributed by atoms with Crippen LogP contribution < -0.4 is 5.32 Å². The summed E-state index contributed by atoms with van der Waals surface area (Å²) in [7, 11) is 1.79. The average Bonchev–Trinajstić information content (AvgIpc) is 2.48. The molecule has 0 amide bonds. The SMILES string of the molecule is COC[C@@]12CCCC(=O)[C@@]13CCN[C@@H]2CC1=C3C=CCC1. The van der Waals surface area contributed by atoms with Crippen LogP contribution in [0.3, 0.4) is 0 Å². The van der Waals surface area contributed by atoms with Crippen LogP contribution in [-0.2, 0) is 9.53 Å². The fraction of sp³-hybridized carbons (Fsp3) is 0.722. The Bertz CT molecular complexity index is 531. The average molecular weight is 287 g/mol. The normalized spacial score (nSPS) is 41.8. The standard InChI is InChI=1S/C18H25NO2/c1-21-12-17-8-4-7-16(20)18(17)9-10-19-15(17)11-13-5-2-3-6-14(13)18/h3,6,15,19H,2,4-5,7-12H2,1H3/t15-,17-,18+/m1/s1. The number of methoxy groups -OCH3 is 1. The van der Waals surface area contributed by atoms with E-state index in [1.165, 1.54) is 11.1 Å². The molecule has 2 bridgehead atoms. The molecule has 4 aliphatic rings. The number of hydrogen-bond donors (Lipinski definition) is 1. The molecule has 3 nitrogen and oxygen atoms in total. The van der Waals surface area contributed by atoms with E-state index in [9.17, 15) is 4.79 Å². The molecule has 21 heavy (non-hydrogen) atoms. The largest absolute Gasteiger partial charge is 0.384 e. The Morgan fingerprint density at radius 1 is 1.38 bits per heavy atom. The lowest BCUT2D eigenvalue weighted by Crippen LogP contribution is -2.69. The number of rotatable bonds is 2. The number of piperidine rings is 1. The van der Waals surface area contributed by atoms with Crippen LogP contribution >= 0.6 is 0 Å². The third kappa shape index (κ3) is 1.59. The summed E-state index contributed by atoms with van der Waals surface area (Å²) in [6.45, 7) is 1.67. The Morgan fingerprint density at radius 2 is 2.29 bits per heavy atom. The highest BCUT2D eigenvalue weighted by molar-refractivity contribution is 5.91. The van der Waals surface area contributed by atoms with E-state index in [0.717, 1.165) is 51.5 Å². The first-order valence-corrected chi connectivity index (χ1v) is 8.39. The molecule has 1 aliphatic heterocycles. The Labute approximate surface area is 126 Å². The summed E-state index contributed by atoms with van der Waals surface area (Å²) in [4.78, 5) is 13.1. The first-order chi connectivity index (χ1) is 10.2. The molecule has 2 fully saturated rings. The Kier molecular flexibility index (Phi) is 3.13. The lowest BCUT2D eigenvalue weighted by Gasteiger charge is -2.63. The molecule has 114 valence electrons. The van der Waals surface area contributed by atoms with E-state index in [0.29, 0.717) is 18.4 Å². The van der Waals surface area contributed by atoms with Crippen molar-refractivity contribution in [1.82, 2.24) is 5.32 Å². The van der Waals surface area contributed by atoms with Gasteiger partial charge < -0.3 is 10.1 Å². The zero-order chi connectivity index (χ0) is 14.5. The minimum Gasteiger partial charge on any atom is -0.384 e. The van der Waals surface area contributed by atoms with Crippen LogP contribution in [0.4, 0.5) is 0 Å². The molecule has 0 unspecified atom stereocenters. The number of allylic oxidation sites excluding steroid dienone is 3. The van der Waals surface area contributed by atoms with Crippen LogP contribution in [0.2, 0.25) is 0 Å². The monoisotopic (exact) mass is 287 g/mol. The van der Waals surface area contributed by atoms with Crippen LogP contribution in [-0.4, -0.2) is 32.1 Å². The zero-order valence-electron chi connectivity index (χ0n) is 12.9. The molecule has 3 heteroatoms. The van der Waals surface area contributed by atoms with Crippen LogP contribution in [0.25, 0.3) is 0 Å². The van der Waals surface area contributed by atoms with E-state index in [4.69, 9.17) is 4.74 Å². The highest BCUT2D eigenvalue weighted by Gasteiger charge is 2.65. The van der Waals surface area contributed by atoms with Crippen molar-refractivity contribution in [2.24, 2.45) is 10.8 Å². The maximum atomic E-state index is 13.1. The molecule has 0 aromatic rings. The van der Waals surface area contributed by atoms with Crippen LogP contribution in [0.15, 0.2) is 23.3 Å². The Morgan fingerprint density at radius 3 is 3.14 bits per heavy atom. The predicted molar refractivity (Wildman–Crippen MR) is 82.0 cm³/mol. The van der Waals surface area contributed by atoms with Gasteiger partial charge in [-0.25, -0.2) is 0 Å². The van der Waals surface area contributed by atoms with Crippen molar-refractivity contribution in [3.63, 3.8) is 0 Å². The van der Waals surface area contributed by atoms with E-state index in [2.05, 4.69) is 17.5 Å². The molecule has 4 rings (SSSR count). The van der Waals surface area contributed by atoms with Crippen molar-refractivity contribution in [3.8, 4) is 0 Å². The van der Waals surface area contributed by atoms with Gasteiger partial charge in [0.25, 0.3) is 0 Å². The molecule has 1 N–H and O–H groups in total. The van der Waals surface area contributed by atoms with E-state index in [-0.39, 0.29) is 10.8 Å². The molecule has 0 spiro atoms. The summed E-state index contributed by atoms with van der Waals surface area (Å²) in [6, 6.07) is 0.417. The maximum Gasteiger partial charge on any atom is 0.144 e. The van der Waals surface area contributed by atoms with Gasteiger partial charge in [-0.05, 0) is 50.6 Å². The van der Waals surface area contributed by atoms with E-state index < -0.39 is 0 Å². The summed E-state index contributed by atoms with van der Waals surface area (Å²) < 4.78 is 5.66. The number of carbonyl (C=O) groups is 1.